The smallest absolute Gasteiger partial charge is 0.251 e. The van der Waals surface area contributed by atoms with Gasteiger partial charge in [0, 0.05) is 21.2 Å². The van der Waals surface area contributed by atoms with Crippen molar-refractivity contribution in [2.45, 2.75) is 37.8 Å². The second-order valence-corrected chi connectivity index (χ2v) is 6.28. The molecule has 0 bridgehead atoms. The molecule has 0 heterocycles. The fourth-order valence-corrected chi connectivity index (χ4v) is 2.80. The Balaban J connectivity index is 0.00000180. The van der Waals surface area contributed by atoms with Crippen LogP contribution in [0.1, 0.15) is 36.0 Å². The number of nitrogens with two attached hydrogens (primary N) is 1. The van der Waals surface area contributed by atoms with Crippen LogP contribution in [0.2, 0.25) is 5.02 Å². The molecule has 1 aliphatic rings. The van der Waals surface area contributed by atoms with Gasteiger partial charge < -0.3 is 11.1 Å². The van der Waals surface area contributed by atoms with Crippen molar-refractivity contribution in [2.75, 3.05) is 0 Å². The summed E-state index contributed by atoms with van der Waals surface area (Å²) in [7, 11) is 0. The number of benzene rings is 1. The molecule has 19 heavy (non-hydrogen) atoms. The van der Waals surface area contributed by atoms with Gasteiger partial charge in [0.1, 0.15) is 0 Å². The van der Waals surface area contributed by atoms with Gasteiger partial charge >= 0.3 is 0 Å². The van der Waals surface area contributed by atoms with Gasteiger partial charge in [0.05, 0.1) is 5.02 Å². The van der Waals surface area contributed by atoms with Crippen LogP contribution in [0.15, 0.2) is 18.2 Å². The molecule has 0 saturated heterocycles. The highest BCUT2D eigenvalue weighted by molar-refractivity contribution is 14.1. The summed E-state index contributed by atoms with van der Waals surface area (Å²) in [5.74, 6) is -0.0231. The highest BCUT2D eigenvalue weighted by Crippen LogP contribution is 2.21. The molecule has 0 spiro atoms. The van der Waals surface area contributed by atoms with E-state index in [1.54, 1.807) is 12.1 Å². The van der Waals surface area contributed by atoms with Crippen molar-refractivity contribution in [3.05, 3.63) is 32.4 Å². The van der Waals surface area contributed by atoms with E-state index < -0.39 is 0 Å². The van der Waals surface area contributed by atoms with Gasteiger partial charge in [-0.2, -0.15) is 0 Å². The Morgan fingerprint density at radius 3 is 2.53 bits per heavy atom. The van der Waals surface area contributed by atoms with Crippen LogP contribution in [-0.2, 0) is 0 Å². The largest absolute Gasteiger partial charge is 0.349 e. The molecule has 1 aliphatic carbocycles. The lowest BCUT2D eigenvalue weighted by Gasteiger charge is -2.26. The predicted octanol–water partition coefficient (Wildman–Crippen LogP) is 3.37. The predicted molar refractivity (Wildman–Crippen MR) is 89.1 cm³/mol. The fraction of sp³-hybridized carbons (Fsp3) is 0.462. The van der Waals surface area contributed by atoms with E-state index in [4.69, 9.17) is 17.3 Å². The van der Waals surface area contributed by atoms with Crippen molar-refractivity contribution in [1.29, 1.82) is 0 Å². The number of nitrogens with one attached hydrogen (secondary N) is 1. The van der Waals surface area contributed by atoms with Crippen LogP contribution >= 0.6 is 46.6 Å². The Bertz CT molecular complexity index is 448. The molecule has 3 N–H and O–H groups in total. The maximum absolute atomic E-state index is 12.1. The average Bonchev–Trinajstić information content (AvgIpc) is 2.35. The van der Waals surface area contributed by atoms with Gasteiger partial charge in [0.2, 0.25) is 0 Å². The minimum absolute atomic E-state index is 0. The maximum Gasteiger partial charge on any atom is 0.251 e. The minimum atomic E-state index is -0.0231. The van der Waals surface area contributed by atoms with Crippen LogP contribution in [0.3, 0.4) is 0 Å². The number of halogens is 3. The SMILES string of the molecule is Cl.NC1CCC(NC(=O)c2ccc(Cl)c(I)c2)CC1. The standard InChI is InChI=1S/C13H16ClIN2O.ClH/c14-11-6-1-8(7-12(11)15)13(18)17-10-4-2-9(16)3-5-10;/h1,6-7,9-10H,2-5,16H2,(H,17,18);1H. The molecule has 0 aliphatic heterocycles. The first-order valence-electron chi connectivity index (χ1n) is 6.08. The van der Waals surface area contributed by atoms with Gasteiger partial charge in [-0.3, -0.25) is 4.79 Å². The van der Waals surface area contributed by atoms with Crippen molar-refractivity contribution >= 4 is 52.5 Å². The van der Waals surface area contributed by atoms with E-state index in [0.29, 0.717) is 16.6 Å². The van der Waals surface area contributed by atoms with Gasteiger partial charge in [-0.25, -0.2) is 0 Å². The number of rotatable bonds is 2. The zero-order valence-corrected chi connectivity index (χ0v) is 14.1. The summed E-state index contributed by atoms with van der Waals surface area (Å²) in [6.45, 7) is 0. The number of carbonyl (C=O) groups excluding carboxylic acids is 1. The average molecular weight is 415 g/mol. The van der Waals surface area contributed by atoms with E-state index in [9.17, 15) is 4.79 Å². The summed E-state index contributed by atoms with van der Waals surface area (Å²) in [4.78, 5) is 12.1. The fourth-order valence-electron chi connectivity index (χ4n) is 2.17. The molecular weight excluding hydrogens is 398 g/mol. The monoisotopic (exact) mass is 414 g/mol. The van der Waals surface area contributed by atoms with E-state index in [2.05, 4.69) is 27.9 Å². The first-order chi connectivity index (χ1) is 8.56. The molecule has 0 unspecified atom stereocenters. The van der Waals surface area contributed by atoms with E-state index in [1.807, 2.05) is 6.07 Å². The molecule has 3 nitrogen and oxygen atoms in total. The Morgan fingerprint density at radius 1 is 1.32 bits per heavy atom. The minimum Gasteiger partial charge on any atom is -0.349 e. The Labute approximate surface area is 138 Å². The number of amides is 1. The molecule has 0 radical (unpaired) electrons. The van der Waals surface area contributed by atoms with Crippen LogP contribution in [0.25, 0.3) is 0 Å². The Kier molecular flexibility index (Phi) is 6.86. The summed E-state index contributed by atoms with van der Waals surface area (Å²) in [6.07, 6.45) is 3.92. The molecular formula is C13H17Cl2IN2O. The third-order valence-corrected chi connectivity index (χ3v) is 4.83. The molecule has 0 atom stereocenters. The van der Waals surface area contributed by atoms with Crippen LogP contribution in [0.4, 0.5) is 0 Å². The molecule has 0 aromatic heterocycles. The highest BCUT2D eigenvalue weighted by Gasteiger charge is 2.20. The highest BCUT2D eigenvalue weighted by atomic mass is 127. The Hall–Kier alpha value is -0.0400. The molecule has 1 aromatic rings. The maximum atomic E-state index is 12.1. The van der Waals surface area contributed by atoms with E-state index in [0.717, 1.165) is 29.3 Å². The van der Waals surface area contributed by atoms with Crippen LogP contribution < -0.4 is 11.1 Å². The quantitative estimate of drug-likeness (QED) is 0.729. The van der Waals surface area contributed by atoms with Crippen molar-refractivity contribution in [3.63, 3.8) is 0 Å². The summed E-state index contributed by atoms with van der Waals surface area (Å²) >= 11 is 8.07. The first-order valence-corrected chi connectivity index (χ1v) is 7.53. The van der Waals surface area contributed by atoms with E-state index in [-0.39, 0.29) is 24.4 Å². The van der Waals surface area contributed by atoms with Gasteiger partial charge in [-0.05, 0) is 66.5 Å². The van der Waals surface area contributed by atoms with E-state index >= 15 is 0 Å². The van der Waals surface area contributed by atoms with E-state index in [1.165, 1.54) is 0 Å². The van der Waals surface area contributed by atoms with Crippen molar-refractivity contribution in [3.8, 4) is 0 Å². The lowest BCUT2D eigenvalue weighted by Crippen LogP contribution is -2.40. The molecule has 1 aromatic carbocycles. The van der Waals surface area contributed by atoms with Gasteiger partial charge in [-0.15, -0.1) is 12.4 Å². The second-order valence-electron chi connectivity index (χ2n) is 4.71. The molecule has 2 rings (SSSR count). The summed E-state index contributed by atoms with van der Waals surface area (Å²) in [5, 5.41) is 3.74. The zero-order valence-electron chi connectivity index (χ0n) is 10.4. The summed E-state index contributed by atoms with van der Waals surface area (Å²) < 4.78 is 0.896. The lowest BCUT2D eigenvalue weighted by atomic mass is 9.91. The van der Waals surface area contributed by atoms with Gasteiger partial charge in [0.15, 0.2) is 0 Å². The molecule has 1 amide bonds. The summed E-state index contributed by atoms with van der Waals surface area (Å²) in [5.41, 5.74) is 6.51. The third-order valence-electron chi connectivity index (χ3n) is 3.29. The van der Waals surface area contributed by atoms with Crippen LogP contribution in [0.5, 0.6) is 0 Å². The third kappa shape index (κ3) is 4.77. The van der Waals surface area contributed by atoms with Crippen LogP contribution in [-0.4, -0.2) is 18.0 Å². The zero-order chi connectivity index (χ0) is 13.1. The van der Waals surface area contributed by atoms with Gasteiger partial charge in [0.25, 0.3) is 5.91 Å². The van der Waals surface area contributed by atoms with Crippen molar-refractivity contribution in [1.82, 2.24) is 5.32 Å². The molecule has 6 heteroatoms. The van der Waals surface area contributed by atoms with Crippen molar-refractivity contribution in [2.24, 2.45) is 5.73 Å². The second kappa shape index (κ2) is 7.67. The topological polar surface area (TPSA) is 55.1 Å². The number of hydrogen-bond acceptors (Lipinski definition) is 2. The molecule has 106 valence electrons. The number of hydrogen-bond donors (Lipinski definition) is 2. The van der Waals surface area contributed by atoms with Gasteiger partial charge in [-0.1, -0.05) is 11.6 Å². The first kappa shape index (κ1) is 17.0. The number of carbonyl (C=O) groups is 1. The molecule has 1 fully saturated rings. The summed E-state index contributed by atoms with van der Waals surface area (Å²) in [6, 6.07) is 5.89. The lowest BCUT2D eigenvalue weighted by molar-refractivity contribution is 0.0926. The van der Waals surface area contributed by atoms with Crippen LogP contribution in [0, 0.1) is 3.57 Å². The molecule has 1 saturated carbocycles. The Morgan fingerprint density at radius 2 is 1.95 bits per heavy atom. The normalized spacial score (nSPS) is 22.5. The van der Waals surface area contributed by atoms with Crippen molar-refractivity contribution < 1.29 is 4.79 Å².